The molecule has 1 rings (SSSR count). The van der Waals surface area contributed by atoms with Gasteiger partial charge in [0.1, 0.15) is 0 Å². The summed E-state index contributed by atoms with van der Waals surface area (Å²) in [6.07, 6.45) is 3.72. The van der Waals surface area contributed by atoms with E-state index in [-0.39, 0.29) is 12.4 Å². The fraction of sp³-hybridized carbons (Fsp3) is 0.571. The lowest BCUT2D eigenvalue weighted by Gasteiger charge is -2.11. The number of carbonyl (C=O) groups is 1. The van der Waals surface area contributed by atoms with Gasteiger partial charge in [0.25, 0.3) is 0 Å². The number of hydrogen-bond acceptors (Lipinski definition) is 4. The zero-order chi connectivity index (χ0) is 13.8. The number of rotatable bonds is 5. The Morgan fingerprint density at radius 1 is 1.28 bits per heavy atom. The zero-order valence-corrected chi connectivity index (χ0v) is 11.4. The summed E-state index contributed by atoms with van der Waals surface area (Å²) in [5, 5.41) is 9.32. The predicted molar refractivity (Wildman–Crippen MR) is 70.9 cm³/mol. The average molecular weight is 253 g/mol. The molecule has 18 heavy (non-hydrogen) atoms. The van der Waals surface area contributed by atoms with E-state index < -0.39 is 6.10 Å². The minimum absolute atomic E-state index is 0.117. The summed E-state index contributed by atoms with van der Waals surface area (Å²) >= 11 is 0. The van der Waals surface area contributed by atoms with E-state index in [0.717, 1.165) is 0 Å². The van der Waals surface area contributed by atoms with Crippen LogP contribution in [0.15, 0.2) is 30.6 Å². The minimum Gasteiger partial charge on any atom is -0.466 e. The molecule has 1 atom stereocenters. The van der Waals surface area contributed by atoms with Crippen molar-refractivity contribution in [1.82, 2.24) is 4.98 Å². The van der Waals surface area contributed by atoms with Gasteiger partial charge in [-0.15, -0.1) is 0 Å². The number of esters is 1. The Morgan fingerprint density at radius 2 is 1.89 bits per heavy atom. The van der Waals surface area contributed by atoms with Crippen LogP contribution < -0.4 is 0 Å². The highest BCUT2D eigenvalue weighted by Gasteiger charge is 2.12. The van der Waals surface area contributed by atoms with Gasteiger partial charge in [0.15, 0.2) is 0 Å². The van der Waals surface area contributed by atoms with Crippen LogP contribution >= 0.6 is 0 Å². The molecule has 0 amide bonds. The first-order chi connectivity index (χ1) is 8.56. The normalized spacial score (nSPS) is 11.4. The molecule has 0 aromatic carbocycles. The van der Waals surface area contributed by atoms with E-state index in [1.54, 1.807) is 19.3 Å². The summed E-state index contributed by atoms with van der Waals surface area (Å²) in [6, 6.07) is 5.72. The number of carbonyl (C=O) groups excluding carboxylic acids is 1. The van der Waals surface area contributed by atoms with Gasteiger partial charge in [-0.05, 0) is 31.4 Å². The van der Waals surface area contributed by atoms with Crippen molar-refractivity contribution in [1.29, 1.82) is 0 Å². The molecule has 0 aliphatic rings. The van der Waals surface area contributed by atoms with E-state index in [2.05, 4.69) is 4.98 Å². The summed E-state index contributed by atoms with van der Waals surface area (Å²) in [5.74, 6) is 0.0973. The Labute approximate surface area is 109 Å². The Morgan fingerprint density at radius 3 is 2.22 bits per heavy atom. The molecule has 0 fully saturated rings. The smallest absolute Gasteiger partial charge is 0.308 e. The number of aliphatic hydroxyl groups excluding tert-OH is 1. The van der Waals surface area contributed by atoms with Crippen LogP contribution in [0.5, 0.6) is 0 Å². The summed E-state index contributed by atoms with van der Waals surface area (Å²) in [7, 11) is 0. The molecular weight excluding hydrogens is 230 g/mol. The van der Waals surface area contributed by atoms with E-state index in [4.69, 9.17) is 4.74 Å². The van der Waals surface area contributed by atoms with Crippen molar-refractivity contribution in [3.8, 4) is 0 Å². The van der Waals surface area contributed by atoms with Crippen LogP contribution in [-0.2, 0) is 9.53 Å². The molecule has 4 nitrogen and oxygen atoms in total. The van der Waals surface area contributed by atoms with Crippen LogP contribution in [0.1, 0.15) is 33.6 Å². The molecule has 1 aromatic rings. The maximum Gasteiger partial charge on any atom is 0.308 e. The quantitative estimate of drug-likeness (QED) is 0.819. The Kier molecular flexibility index (Phi) is 9.87. The van der Waals surface area contributed by atoms with E-state index in [1.165, 1.54) is 0 Å². The van der Waals surface area contributed by atoms with Crippen molar-refractivity contribution in [3.05, 3.63) is 30.6 Å². The predicted octanol–water partition coefficient (Wildman–Crippen LogP) is 2.43. The molecule has 0 unspecified atom stereocenters. The monoisotopic (exact) mass is 253 g/mol. The van der Waals surface area contributed by atoms with E-state index in [9.17, 15) is 9.90 Å². The van der Waals surface area contributed by atoms with Crippen LogP contribution in [0, 0.1) is 5.92 Å². The second-order valence-electron chi connectivity index (χ2n) is 4.32. The highest BCUT2D eigenvalue weighted by Crippen LogP contribution is 2.07. The van der Waals surface area contributed by atoms with Crippen LogP contribution in [0.2, 0.25) is 0 Å². The Bertz CT molecular complexity index is 274. The second-order valence-corrected chi connectivity index (χ2v) is 4.32. The minimum atomic E-state index is -0.552. The fourth-order valence-electron chi connectivity index (χ4n) is 1.35. The molecule has 0 aliphatic carbocycles. The Balaban J connectivity index is 0.000000397. The molecular formula is C14H23NO3. The van der Waals surface area contributed by atoms with Gasteiger partial charge < -0.3 is 9.84 Å². The van der Waals surface area contributed by atoms with Gasteiger partial charge in [0.05, 0.1) is 19.1 Å². The van der Waals surface area contributed by atoms with Crippen molar-refractivity contribution in [2.45, 2.75) is 39.7 Å². The molecule has 4 heteroatoms. The first kappa shape index (κ1) is 16.6. The third-order valence-electron chi connectivity index (χ3n) is 2.02. The lowest BCUT2D eigenvalue weighted by atomic mass is 10.0. The van der Waals surface area contributed by atoms with Crippen LogP contribution in [-0.4, -0.2) is 28.8 Å². The highest BCUT2D eigenvalue weighted by molar-refractivity contribution is 5.69. The average Bonchev–Trinajstić information content (AvgIpc) is 2.31. The van der Waals surface area contributed by atoms with Crippen molar-refractivity contribution >= 4 is 5.97 Å². The van der Waals surface area contributed by atoms with Gasteiger partial charge in [-0.2, -0.15) is 0 Å². The molecule has 0 saturated carbocycles. The van der Waals surface area contributed by atoms with Crippen molar-refractivity contribution in [2.75, 3.05) is 6.61 Å². The van der Waals surface area contributed by atoms with Crippen LogP contribution in [0.25, 0.3) is 0 Å². The first-order valence-electron chi connectivity index (χ1n) is 6.24. The van der Waals surface area contributed by atoms with Gasteiger partial charge in [-0.25, -0.2) is 0 Å². The number of nitrogens with zero attached hydrogens (tertiary/aromatic N) is 1. The first-order valence-corrected chi connectivity index (χ1v) is 6.24. The topological polar surface area (TPSA) is 59.4 Å². The number of aliphatic hydroxyl groups is 1. The number of pyridine rings is 1. The van der Waals surface area contributed by atoms with Crippen LogP contribution in [0.3, 0.4) is 0 Å². The SMILES string of the molecule is CCOC(=O)C[C@H](O)CC(C)C.c1ccncc1. The molecule has 0 spiro atoms. The summed E-state index contributed by atoms with van der Waals surface area (Å²) in [6.45, 7) is 6.16. The lowest BCUT2D eigenvalue weighted by molar-refractivity contribution is -0.145. The maximum atomic E-state index is 10.9. The number of aromatic nitrogens is 1. The van der Waals surface area contributed by atoms with Gasteiger partial charge in [-0.1, -0.05) is 19.9 Å². The molecule has 0 aliphatic heterocycles. The summed E-state index contributed by atoms with van der Waals surface area (Å²) in [4.78, 5) is 14.6. The van der Waals surface area contributed by atoms with E-state index >= 15 is 0 Å². The third-order valence-corrected chi connectivity index (χ3v) is 2.02. The van der Waals surface area contributed by atoms with Crippen molar-refractivity contribution in [2.24, 2.45) is 5.92 Å². The van der Waals surface area contributed by atoms with Gasteiger partial charge in [0.2, 0.25) is 0 Å². The van der Waals surface area contributed by atoms with Crippen LogP contribution in [0.4, 0.5) is 0 Å². The molecule has 0 radical (unpaired) electrons. The molecule has 1 aromatic heterocycles. The van der Waals surface area contributed by atoms with Gasteiger partial charge in [0, 0.05) is 12.4 Å². The van der Waals surface area contributed by atoms with Gasteiger partial charge in [-0.3, -0.25) is 9.78 Å². The van der Waals surface area contributed by atoms with E-state index in [1.807, 2.05) is 32.0 Å². The lowest BCUT2D eigenvalue weighted by Crippen LogP contribution is -2.17. The fourth-order valence-corrected chi connectivity index (χ4v) is 1.35. The van der Waals surface area contributed by atoms with Crippen molar-refractivity contribution in [3.63, 3.8) is 0 Å². The number of ether oxygens (including phenoxy) is 1. The third kappa shape index (κ3) is 11.1. The Hall–Kier alpha value is -1.42. The molecule has 1 N–H and O–H groups in total. The molecule has 1 heterocycles. The largest absolute Gasteiger partial charge is 0.466 e. The zero-order valence-electron chi connectivity index (χ0n) is 11.4. The molecule has 102 valence electrons. The summed E-state index contributed by atoms with van der Waals surface area (Å²) in [5.41, 5.74) is 0. The second kappa shape index (κ2) is 10.7. The molecule has 0 saturated heterocycles. The standard InChI is InChI=1S/C9H18O3.C5H5N/c1-4-12-9(11)6-8(10)5-7(2)3;1-2-4-6-5-3-1/h7-8,10H,4-6H2,1-3H3;1-5H/t8-;/m1./s1. The highest BCUT2D eigenvalue weighted by atomic mass is 16.5. The van der Waals surface area contributed by atoms with Crippen molar-refractivity contribution < 1.29 is 14.6 Å². The maximum absolute atomic E-state index is 10.9. The van der Waals surface area contributed by atoms with Gasteiger partial charge >= 0.3 is 5.97 Å². The van der Waals surface area contributed by atoms with E-state index in [0.29, 0.717) is 18.9 Å². The molecule has 0 bridgehead atoms. The number of hydrogen-bond donors (Lipinski definition) is 1. The summed E-state index contributed by atoms with van der Waals surface area (Å²) < 4.78 is 4.70.